The van der Waals surface area contributed by atoms with Crippen LogP contribution in [0.15, 0.2) is 66.9 Å². The number of anilines is 1. The Balaban J connectivity index is 1.70. The van der Waals surface area contributed by atoms with Gasteiger partial charge in [-0.3, -0.25) is 4.98 Å². The third-order valence-electron chi connectivity index (χ3n) is 5.01. The molecule has 0 unspecified atom stereocenters. The number of nitrogens with one attached hydrogen (secondary N) is 1. The Morgan fingerprint density at radius 3 is 2.53 bits per heavy atom. The third kappa shape index (κ3) is 3.98. The minimum Gasteiger partial charge on any atom is -0.311 e. The van der Waals surface area contributed by atoms with Gasteiger partial charge in [-0.2, -0.15) is 13.2 Å². The van der Waals surface area contributed by atoms with Crippen LogP contribution in [0.5, 0.6) is 0 Å². The molecule has 1 N–H and O–H groups in total. The van der Waals surface area contributed by atoms with Gasteiger partial charge in [0, 0.05) is 18.4 Å². The lowest BCUT2D eigenvalue weighted by Crippen LogP contribution is -2.43. The van der Waals surface area contributed by atoms with Gasteiger partial charge < -0.3 is 10.2 Å². The highest BCUT2D eigenvalue weighted by Crippen LogP contribution is 2.36. The molecule has 1 aliphatic heterocycles. The first-order valence-electron chi connectivity index (χ1n) is 9.27. The molecular formula is C22H17F4N3O. The Labute approximate surface area is 170 Å². The summed E-state index contributed by atoms with van der Waals surface area (Å²) in [7, 11) is 0. The van der Waals surface area contributed by atoms with Crippen molar-refractivity contribution in [1.29, 1.82) is 0 Å². The molecule has 0 bridgehead atoms. The quantitative estimate of drug-likeness (QED) is 0.568. The molecule has 30 heavy (non-hydrogen) atoms. The second-order valence-electron chi connectivity index (χ2n) is 6.95. The van der Waals surface area contributed by atoms with Crippen molar-refractivity contribution in [3.05, 3.63) is 95.1 Å². The molecule has 154 valence electrons. The fourth-order valence-electron chi connectivity index (χ4n) is 3.60. The zero-order chi connectivity index (χ0) is 21.3. The summed E-state index contributed by atoms with van der Waals surface area (Å²) in [6.45, 7) is 0.339. The van der Waals surface area contributed by atoms with Gasteiger partial charge in [-0.15, -0.1) is 0 Å². The number of carbonyl (C=O) groups excluding carboxylic acids is 1. The summed E-state index contributed by atoms with van der Waals surface area (Å²) in [5.74, 6) is -0.488. The number of carbonyl (C=O) groups is 1. The van der Waals surface area contributed by atoms with Gasteiger partial charge in [0.1, 0.15) is 11.9 Å². The molecule has 1 aliphatic rings. The predicted octanol–water partition coefficient (Wildman–Crippen LogP) is 5.42. The molecule has 0 fully saturated rings. The molecule has 0 saturated heterocycles. The Morgan fingerprint density at radius 1 is 1.07 bits per heavy atom. The molecule has 0 spiro atoms. The Morgan fingerprint density at radius 2 is 1.83 bits per heavy atom. The van der Waals surface area contributed by atoms with Gasteiger partial charge in [0.25, 0.3) is 0 Å². The molecular weight excluding hydrogens is 398 g/mol. The van der Waals surface area contributed by atoms with Crippen LogP contribution in [-0.2, 0) is 12.6 Å². The number of hydrogen-bond donors (Lipinski definition) is 1. The van der Waals surface area contributed by atoms with Crippen LogP contribution in [0.25, 0.3) is 0 Å². The summed E-state index contributed by atoms with van der Waals surface area (Å²) in [5, 5.41) is 2.66. The zero-order valence-electron chi connectivity index (χ0n) is 15.7. The molecule has 4 nitrogen and oxygen atoms in total. The monoisotopic (exact) mass is 415 g/mol. The van der Waals surface area contributed by atoms with Crippen LogP contribution in [0, 0.1) is 5.82 Å². The highest BCUT2D eigenvalue weighted by Gasteiger charge is 2.35. The van der Waals surface area contributed by atoms with E-state index in [1.807, 2.05) is 6.07 Å². The number of nitrogens with zero attached hydrogens (tertiary/aromatic N) is 2. The Bertz CT molecular complexity index is 1070. The van der Waals surface area contributed by atoms with Crippen molar-refractivity contribution < 1.29 is 22.4 Å². The predicted molar refractivity (Wildman–Crippen MR) is 103 cm³/mol. The van der Waals surface area contributed by atoms with Crippen molar-refractivity contribution in [3.63, 3.8) is 0 Å². The van der Waals surface area contributed by atoms with E-state index in [1.54, 1.807) is 18.3 Å². The van der Waals surface area contributed by atoms with Crippen molar-refractivity contribution >= 4 is 11.7 Å². The SMILES string of the molecule is O=C(Nc1cccc(F)c1)N1CCc2cccnc2[C@H]1c1ccc(C(F)(F)F)cc1. The summed E-state index contributed by atoms with van der Waals surface area (Å²) in [6.07, 6.45) is -2.31. The maximum absolute atomic E-state index is 13.5. The van der Waals surface area contributed by atoms with E-state index in [9.17, 15) is 22.4 Å². The molecule has 1 atom stereocenters. The molecule has 0 radical (unpaired) electrons. The van der Waals surface area contributed by atoms with Gasteiger partial charge in [-0.1, -0.05) is 24.3 Å². The average molecular weight is 415 g/mol. The van der Waals surface area contributed by atoms with Gasteiger partial charge in [0.05, 0.1) is 11.3 Å². The van der Waals surface area contributed by atoms with Gasteiger partial charge in [-0.25, -0.2) is 9.18 Å². The fraction of sp³-hybridized carbons (Fsp3) is 0.182. The molecule has 4 rings (SSSR count). The van der Waals surface area contributed by atoms with Crippen LogP contribution >= 0.6 is 0 Å². The molecule has 2 heterocycles. The fourth-order valence-corrected chi connectivity index (χ4v) is 3.60. The van der Waals surface area contributed by atoms with Crippen molar-refractivity contribution in [2.24, 2.45) is 0 Å². The highest BCUT2D eigenvalue weighted by molar-refractivity contribution is 5.90. The topological polar surface area (TPSA) is 45.2 Å². The van der Waals surface area contributed by atoms with Crippen molar-refractivity contribution in [2.45, 2.75) is 18.6 Å². The van der Waals surface area contributed by atoms with Crippen LogP contribution in [0.2, 0.25) is 0 Å². The van der Waals surface area contributed by atoms with E-state index in [1.165, 1.54) is 35.2 Å². The summed E-state index contributed by atoms with van der Waals surface area (Å²) >= 11 is 0. The van der Waals surface area contributed by atoms with Gasteiger partial charge >= 0.3 is 12.2 Å². The van der Waals surface area contributed by atoms with E-state index in [0.29, 0.717) is 24.2 Å². The molecule has 2 aromatic carbocycles. The molecule has 8 heteroatoms. The standard InChI is InChI=1S/C22H17F4N3O/c23-17-4-1-5-18(13-17)28-21(30)29-12-10-14-3-2-11-27-19(14)20(29)15-6-8-16(9-7-15)22(24,25)26/h1-9,11,13,20H,10,12H2,(H,28,30)/t20-/m1/s1. The minimum absolute atomic E-state index is 0.290. The Kier molecular flexibility index (Phi) is 5.15. The number of benzene rings is 2. The largest absolute Gasteiger partial charge is 0.416 e. The summed E-state index contributed by atoms with van der Waals surface area (Å²) in [4.78, 5) is 18.9. The number of alkyl halides is 3. The van der Waals surface area contributed by atoms with E-state index in [4.69, 9.17) is 0 Å². The van der Waals surface area contributed by atoms with E-state index in [0.717, 1.165) is 17.7 Å². The zero-order valence-corrected chi connectivity index (χ0v) is 15.7. The number of halogens is 4. The number of hydrogen-bond acceptors (Lipinski definition) is 2. The number of fused-ring (bicyclic) bond motifs is 1. The van der Waals surface area contributed by atoms with Gasteiger partial charge in [0.2, 0.25) is 0 Å². The molecule has 3 aromatic rings. The van der Waals surface area contributed by atoms with Crippen LogP contribution in [0.1, 0.15) is 28.4 Å². The maximum atomic E-state index is 13.5. The number of rotatable bonds is 2. The normalized spacial score (nSPS) is 16.1. The molecule has 1 aromatic heterocycles. The number of urea groups is 1. The van der Waals surface area contributed by atoms with Crippen LogP contribution in [-0.4, -0.2) is 22.5 Å². The lowest BCUT2D eigenvalue weighted by molar-refractivity contribution is -0.137. The van der Waals surface area contributed by atoms with Crippen LogP contribution in [0.3, 0.4) is 0 Å². The first kappa shape index (κ1) is 19.9. The molecule has 0 aliphatic carbocycles. The summed E-state index contributed by atoms with van der Waals surface area (Å²) in [6, 6.07) is 12.7. The van der Waals surface area contributed by atoms with Crippen molar-refractivity contribution in [3.8, 4) is 0 Å². The second-order valence-corrected chi connectivity index (χ2v) is 6.95. The number of amides is 2. The number of pyridine rings is 1. The number of aromatic nitrogens is 1. The summed E-state index contributed by atoms with van der Waals surface area (Å²) in [5.41, 5.74) is 1.57. The van der Waals surface area contributed by atoms with Gasteiger partial charge in [-0.05, 0) is 53.9 Å². The molecule has 2 amide bonds. The van der Waals surface area contributed by atoms with E-state index < -0.39 is 29.6 Å². The smallest absolute Gasteiger partial charge is 0.311 e. The first-order valence-corrected chi connectivity index (χ1v) is 9.27. The lowest BCUT2D eigenvalue weighted by atomic mass is 9.92. The maximum Gasteiger partial charge on any atom is 0.416 e. The highest BCUT2D eigenvalue weighted by atomic mass is 19.4. The van der Waals surface area contributed by atoms with Gasteiger partial charge in [0.15, 0.2) is 0 Å². The van der Waals surface area contributed by atoms with E-state index in [2.05, 4.69) is 10.3 Å². The van der Waals surface area contributed by atoms with Crippen molar-refractivity contribution in [1.82, 2.24) is 9.88 Å². The average Bonchev–Trinajstić information content (AvgIpc) is 2.72. The minimum atomic E-state index is -4.45. The van der Waals surface area contributed by atoms with E-state index >= 15 is 0 Å². The van der Waals surface area contributed by atoms with Crippen molar-refractivity contribution in [2.75, 3.05) is 11.9 Å². The second kappa shape index (κ2) is 7.78. The van der Waals surface area contributed by atoms with Crippen LogP contribution < -0.4 is 5.32 Å². The first-order chi connectivity index (χ1) is 14.3. The van der Waals surface area contributed by atoms with E-state index in [-0.39, 0.29) is 5.69 Å². The third-order valence-corrected chi connectivity index (χ3v) is 5.01. The van der Waals surface area contributed by atoms with Crippen LogP contribution in [0.4, 0.5) is 28.0 Å². The molecule has 0 saturated carbocycles. The summed E-state index contributed by atoms with van der Waals surface area (Å²) < 4.78 is 52.4. The lowest BCUT2D eigenvalue weighted by Gasteiger charge is -2.36. The Hall–Kier alpha value is -3.42.